The summed E-state index contributed by atoms with van der Waals surface area (Å²) in [4.78, 5) is 11.5. The minimum Gasteiger partial charge on any atom is -0.356 e. The van der Waals surface area contributed by atoms with Crippen LogP contribution in [0.15, 0.2) is 29.3 Å². The zero-order valence-electron chi connectivity index (χ0n) is 15.5. The van der Waals surface area contributed by atoms with E-state index in [0.717, 1.165) is 55.8 Å². The fraction of sp³-hybridized carbons (Fsp3) is 0.579. The summed E-state index contributed by atoms with van der Waals surface area (Å²) in [6, 6.07) is 8.36. The first-order valence-corrected chi connectivity index (χ1v) is 9.06. The zero-order valence-corrected chi connectivity index (χ0v) is 17.9. The lowest BCUT2D eigenvalue weighted by molar-refractivity contribution is 0.273. The molecule has 138 valence electrons. The van der Waals surface area contributed by atoms with E-state index < -0.39 is 0 Å². The van der Waals surface area contributed by atoms with Gasteiger partial charge in [-0.2, -0.15) is 0 Å². The lowest BCUT2D eigenvalue weighted by Crippen LogP contribution is -2.45. The first-order valence-electron chi connectivity index (χ1n) is 9.06. The van der Waals surface area contributed by atoms with E-state index in [2.05, 4.69) is 56.8 Å². The van der Waals surface area contributed by atoms with Crippen LogP contribution in [0.4, 0.5) is 0 Å². The van der Waals surface area contributed by atoms with Gasteiger partial charge in [-0.15, -0.1) is 24.0 Å². The number of nitrogens with zero attached hydrogens (tertiary/aromatic N) is 4. The highest BCUT2D eigenvalue weighted by molar-refractivity contribution is 14.0. The summed E-state index contributed by atoms with van der Waals surface area (Å²) >= 11 is 0. The van der Waals surface area contributed by atoms with Crippen molar-refractivity contribution in [2.45, 2.75) is 39.7 Å². The van der Waals surface area contributed by atoms with E-state index in [1.54, 1.807) is 0 Å². The van der Waals surface area contributed by atoms with E-state index in [1.165, 1.54) is 18.4 Å². The fourth-order valence-corrected chi connectivity index (χ4v) is 3.47. The molecular formula is C19H30IN5. The van der Waals surface area contributed by atoms with Crippen LogP contribution in [0.25, 0.3) is 11.0 Å². The quantitative estimate of drug-likeness (QED) is 0.331. The monoisotopic (exact) mass is 455 g/mol. The Morgan fingerprint density at radius 2 is 2.00 bits per heavy atom. The third-order valence-corrected chi connectivity index (χ3v) is 4.98. The topological polar surface area (TPSA) is 45.5 Å². The average molecular weight is 455 g/mol. The number of imidazole rings is 1. The maximum atomic E-state index is 4.63. The van der Waals surface area contributed by atoms with Crippen molar-refractivity contribution in [2.75, 3.05) is 26.7 Å². The van der Waals surface area contributed by atoms with Crippen molar-refractivity contribution in [3.63, 3.8) is 0 Å². The van der Waals surface area contributed by atoms with Crippen LogP contribution in [-0.4, -0.2) is 47.1 Å². The van der Waals surface area contributed by atoms with Gasteiger partial charge in [-0.3, -0.25) is 4.99 Å². The van der Waals surface area contributed by atoms with Crippen molar-refractivity contribution >= 4 is 41.0 Å². The molecule has 25 heavy (non-hydrogen) atoms. The van der Waals surface area contributed by atoms with E-state index >= 15 is 0 Å². The number of likely N-dealkylation sites (tertiary alicyclic amines) is 1. The van der Waals surface area contributed by atoms with Gasteiger partial charge in [-0.05, 0) is 44.2 Å². The van der Waals surface area contributed by atoms with Crippen LogP contribution in [0.2, 0.25) is 0 Å². The molecule has 1 aromatic heterocycles. The Labute approximate surface area is 167 Å². The lowest BCUT2D eigenvalue weighted by Gasteiger charge is -2.32. The SMILES string of the molecule is CN=C(NCCCn1c(C)nc2ccccc21)N1CCC(C)CC1.I. The minimum absolute atomic E-state index is 0. The highest BCUT2D eigenvalue weighted by atomic mass is 127. The molecule has 1 saturated heterocycles. The molecule has 5 nitrogen and oxygen atoms in total. The number of aromatic nitrogens is 2. The summed E-state index contributed by atoms with van der Waals surface area (Å²) in [5.41, 5.74) is 2.31. The number of piperidine rings is 1. The predicted octanol–water partition coefficient (Wildman–Crippen LogP) is 3.66. The van der Waals surface area contributed by atoms with Gasteiger partial charge in [0, 0.05) is 33.2 Å². The molecule has 2 heterocycles. The van der Waals surface area contributed by atoms with E-state index in [0.29, 0.717) is 0 Å². The number of hydrogen-bond donors (Lipinski definition) is 1. The Hall–Kier alpha value is -1.31. The molecule has 0 saturated carbocycles. The number of benzene rings is 1. The molecule has 2 aromatic rings. The Bertz CT molecular complexity index is 701. The molecule has 1 aromatic carbocycles. The molecule has 1 aliphatic rings. The molecule has 0 bridgehead atoms. The molecule has 0 aliphatic carbocycles. The third-order valence-electron chi connectivity index (χ3n) is 4.98. The van der Waals surface area contributed by atoms with E-state index in [9.17, 15) is 0 Å². The van der Waals surface area contributed by atoms with E-state index in [4.69, 9.17) is 0 Å². The Balaban J connectivity index is 0.00000225. The summed E-state index contributed by atoms with van der Waals surface area (Å²) in [6.45, 7) is 8.57. The van der Waals surface area contributed by atoms with Crippen molar-refractivity contribution in [3.05, 3.63) is 30.1 Å². The number of halogens is 1. The number of fused-ring (bicyclic) bond motifs is 1. The smallest absolute Gasteiger partial charge is 0.193 e. The molecule has 0 spiro atoms. The van der Waals surface area contributed by atoms with Crippen molar-refractivity contribution in [1.82, 2.24) is 19.8 Å². The first kappa shape index (κ1) is 20.0. The number of rotatable bonds is 4. The predicted molar refractivity (Wildman–Crippen MR) is 116 cm³/mol. The van der Waals surface area contributed by atoms with Gasteiger partial charge in [-0.25, -0.2) is 4.98 Å². The first-order chi connectivity index (χ1) is 11.7. The molecule has 6 heteroatoms. The summed E-state index contributed by atoms with van der Waals surface area (Å²) in [5, 5.41) is 3.53. The van der Waals surface area contributed by atoms with Gasteiger partial charge in [0.1, 0.15) is 5.82 Å². The van der Waals surface area contributed by atoms with Gasteiger partial charge < -0.3 is 14.8 Å². The lowest BCUT2D eigenvalue weighted by atomic mass is 10.00. The number of hydrogen-bond acceptors (Lipinski definition) is 2. The van der Waals surface area contributed by atoms with E-state index in [1.807, 2.05) is 13.1 Å². The van der Waals surface area contributed by atoms with Crippen LogP contribution in [-0.2, 0) is 6.54 Å². The van der Waals surface area contributed by atoms with Gasteiger partial charge in [0.2, 0.25) is 0 Å². The Kier molecular flexibility index (Phi) is 7.53. The number of para-hydroxylation sites is 2. The summed E-state index contributed by atoms with van der Waals surface area (Å²) in [6.07, 6.45) is 3.59. The molecule has 3 rings (SSSR count). The molecule has 1 N–H and O–H groups in total. The summed E-state index contributed by atoms with van der Waals surface area (Å²) < 4.78 is 2.31. The molecule has 0 radical (unpaired) electrons. The molecule has 0 unspecified atom stereocenters. The normalized spacial score (nSPS) is 16.1. The van der Waals surface area contributed by atoms with Crippen LogP contribution in [0.5, 0.6) is 0 Å². The second-order valence-corrected chi connectivity index (χ2v) is 6.80. The van der Waals surface area contributed by atoms with Crippen molar-refractivity contribution in [1.29, 1.82) is 0 Å². The highest BCUT2D eigenvalue weighted by Gasteiger charge is 2.18. The second-order valence-electron chi connectivity index (χ2n) is 6.80. The van der Waals surface area contributed by atoms with Crippen molar-refractivity contribution < 1.29 is 0 Å². The number of guanidine groups is 1. The third kappa shape index (κ3) is 4.86. The van der Waals surface area contributed by atoms with Crippen LogP contribution < -0.4 is 5.32 Å². The maximum absolute atomic E-state index is 4.63. The van der Waals surface area contributed by atoms with Crippen LogP contribution in [0.1, 0.15) is 32.0 Å². The molecule has 1 aliphatic heterocycles. The van der Waals surface area contributed by atoms with Gasteiger partial charge in [0.05, 0.1) is 11.0 Å². The standard InChI is InChI=1S/C19H29N5.HI/c1-15-9-13-23(14-10-15)19(20-3)21-11-6-12-24-16(2)22-17-7-4-5-8-18(17)24;/h4-5,7-8,15H,6,9-14H2,1-3H3,(H,20,21);1H. The van der Waals surface area contributed by atoms with Crippen LogP contribution >= 0.6 is 24.0 Å². The minimum atomic E-state index is 0. The van der Waals surface area contributed by atoms with Gasteiger partial charge >= 0.3 is 0 Å². The van der Waals surface area contributed by atoms with Gasteiger partial charge in [0.15, 0.2) is 5.96 Å². The Morgan fingerprint density at radius 1 is 1.28 bits per heavy atom. The molecule has 0 amide bonds. The summed E-state index contributed by atoms with van der Waals surface area (Å²) in [7, 11) is 1.88. The van der Waals surface area contributed by atoms with Gasteiger partial charge in [0.25, 0.3) is 0 Å². The fourth-order valence-electron chi connectivity index (χ4n) is 3.47. The van der Waals surface area contributed by atoms with Crippen molar-refractivity contribution in [3.8, 4) is 0 Å². The Morgan fingerprint density at radius 3 is 2.72 bits per heavy atom. The number of nitrogens with one attached hydrogen (secondary N) is 1. The number of aliphatic imine (C=N–C) groups is 1. The number of aryl methyl sites for hydroxylation is 2. The van der Waals surface area contributed by atoms with Crippen LogP contribution in [0, 0.1) is 12.8 Å². The van der Waals surface area contributed by atoms with Crippen molar-refractivity contribution in [2.24, 2.45) is 10.9 Å². The highest BCUT2D eigenvalue weighted by Crippen LogP contribution is 2.17. The molecular weight excluding hydrogens is 425 g/mol. The summed E-state index contributed by atoms with van der Waals surface area (Å²) in [5.74, 6) is 2.98. The van der Waals surface area contributed by atoms with Gasteiger partial charge in [-0.1, -0.05) is 19.1 Å². The molecule has 0 atom stereocenters. The average Bonchev–Trinajstić information content (AvgIpc) is 2.91. The van der Waals surface area contributed by atoms with E-state index in [-0.39, 0.29) is 24.0 Å². The maximum Gasteiger partial charge on any atom is 0.193 e. The second kappa shape index (κ2) is 9.40. The zero-order chi connectivity index (χ0) is 16.9. The van der Waals surface area contributed by atoms with Crippen LogP contribution in [0.3, 0.4) is 0 Å². The largest absolute Gasteiger partial charge is 0.356 e. The molecule has 1 fully saturated rings.